The van der Waals surface area contributed by atoms with Gasteiger partial charge in [0.05, 0.1) is 22.1 Å². The van der Waals surface area contributed by atoms with Gasteiger partial charge in [-0.1, -0.05) is 206 Å². The van der Waals surface area contributed by atoms with Gasteiger partial charge in [-0.25, -0.2) is 0 Å². The normalized spacial score (nSPS) is 13.0. The van der Waals surface area contributed by atoms with E-state index in [-0.39, 0.29) is 0 Å². The van der Waals surface area contributed by atoms with Crippen molar-refractivity contribution in [3.63, 3.8) is 0 Å². The maximum Gasteiger partial charge on any atom is 0.0726 e. The predicted octanol–water partition coefficient (Wildman–Crippen LogP) is 18.9. The van der Waals surface area contributed by atoms with Gasteiger partial charge >= 0.3 is 0 Å². The molecule has 0 aliphatic heterocycles. The Morgan fingerprint density at radius 1 is 0.288 bits per heavy atom. The van der Waals surface area contributed by atoms with E-state index in [1.807, 2.05) is 0 Å². The van der Waals surface area contributed by atoms with Crippen LogP contribution in [0, 0.1) is 0 Å². The van der Waals surface area contributed by atoms with Crippen LogP contribution in [-0.4, -0.2) is 4.57 Å². The monoisotopic (exact) mass is 924 g/mol. The van der Waals surface area contributed by atoms with E-state index in [0.717, 1.165) is 22.7 Å². The van der Waals surface area contributed by atoms with E-state index in [1.165, 1.54) is 121 Å². The number of nitrogens with zero attached hydrogens (tertiary/aromatic N) is 2. The summed E-state index contributed by atoms with van der Waals surface area (Å²) in [6.45, 7) is 0. The standard InChI is InChI=1S/C71H44N2/c1-3-19-45(20-4-1)60-43-62-58-29-13-17-33-65(58)71(63-31-15-11-27-56(63)57-28-12-16-32-64(57)71)66(62)44-69(60)72(49-37-39-55-53-25-8-7-23-51(53)52-24-9-10-26-54(52)61(55)42-49)48-36-38-50-46(41-48)35-40-68-70(50)59-30-14-18-34-67(59)73(68)47-21-5-2-6-22-47/h1-44H. The molecular weight excluding hydrogens is 881 g/mol. The zero-order chi connectivity index (χ0) is 47.8. The third kappa shape index (κ3) is 5.52. The summed E-state index contributed by atoms with van der Waals surface area (Å²) in [5, 5.41) is 12.5. The van der Waals surface area contributed by atoms with Crippen molar-refractivity contribution in [1.82, 2.24) is 4.57 Å². The lowest BCUT2D eigenvalue weighted by Gasteiger charge is -2.33. The van der Waals surface area contributed by atoms with Crippen LogP contribution >= 0.6 is 0 Å². The Labute approximate surface area is 422 Å². The molecule has 2 aliphatic rings. The van der Waals surface area contributed by atoms with E-state index in [1.54, 1.807) is 0 Å². The molecule has 14 aromatic rings. The first-order valence-electron chi connectivity index (χ1n) is 25.4. The highest BCUT2D eigenvalue weighted by molar-refractivity contribution is 6.26. The van der Waals surface area contributed by atoms with Crippen molar-refractivity contribution >= 4 is 82.0 Å². The Balaban J connectivity index is 1.02. The molecule has 2 aliphatic carbocycles. The maximum absolute atomic E-state index is 2.57. The van der Waals surface area contributed by atoms with Gasteiger partial charge in [-0.2, -0.15) is 0 Å². The van der Waals surface area contributed by atoms with Crippen molar-refractivity contribution in [1.29, 1.82) is 0 Å². The highest BCUT2D eigenvalue weighted by atomic mass is 15.1. The van der Waals surface area contributed by atoms with Crippen LogP contribution in [0.3, 0.4) is 0 Å². The van der Waals surface area contributed by atoms with E-state index in [0.29, 0.717) is 0 Å². The summed E-state index contributed by atoms with van der Waals surface area (Å²) < 4.78 is 2.41. The first kappa shape index (κ1) is 40.3. The summed E-state index contributed by atoms with van der Waals surface area (Å²) in [6.07, 6.45) is 0. The van der Waals surface area contributed by atoms with Crippen LogP contribution in [0.5, 0.6) is 0 Å². The molecule has 0 amide bonds. The number of anilines is 3. The molecule has 0 N–H and O–H groups in total. The lowest BCUT2D eigenvalue weighted by molar-refractivity contribution is 0.794. The molecule has 1 aromatic heterocycles. The molecule has 73 heavy (non-hydrogen) atoms. The second-order valence-corrected chi connectivity index (χ2v) is 19.9. The van der Waals surface area contributed by atoms with Gasteiger partial charge < -0.3 is 9.47 Å². The third-order valence-electron chi connectivity index (χ3n) is 16.3. The van der Waals surface area contributed by atoms with Gasteiger partial charge in [-0.15, -0.1) is 0 Å². The molecule has 338 valence electrons. The minimum absolute atomic E-state index is 0.519. The number of benzene rings is 13. The van der Waals surface area contributed by atoms with E-state index >= 15 is 0 Å². The molecule has 2 heteroatoms. The van der Waals surface area contributed by atoms with Crippen LogP contribution in [0.2, 0.25) is 0 Å². The zero-order valence-corrected chi connectivity index (χ0v) is 39.8. The summed E-state index contributed by atoms with van der Waals surface area (Å²) in [7, 11) is 0. The molecule has 1 heterocycles. The van der Waals surface area contributed by atoms with Crippen molar-refractivity contribution in [2.45, 2.75) is 5.41 Å². The van der Waals surface area contributed by atoms with Crippen molar-refractivity contribution in [3.8, 4) is 39.1 Å². The Bertz CT molecular complexity index is 4540. The predicted molar refractivity (Wildman–Crippen MR) is 307 cm³/mol. The second-order valence-electron chi connectivity index (χ2n) is 19.9. The SMILES string of the molecule is c1ccc(-c2cc3c(cc2N(c2ccc4c(ccc5c4c4ccccc4n5-c4ccccc4)c2)c2ccc4c5ccccc5c5ccccc5c4c2)C2(c4ccccc4-c4ccccc42)c2ccccc2-3)cc1. The molecule has 0 unspecified atom stereocenters. The van der Waals surface area contributed by atoms with Gasteiger partial charge in [0.2, 0.25) is 0 Å². The van der Waals surface area contributed by atoms with E-state index in [2.05, 4.69) is 276 Å². The highest BCUT2D eigenvalue weighted by Gasteiger charge is 2.52. The fourth-order valence-corrected chi connectivity index (χ4v) is 13.4. The van der Waals surface area contributed by atoms with Crippen LogP contribution in [0.1, 0.15) is 22.3 Å². The summed E-state index contributed by atoms with van der Waals surface area (Å²) in [5.74, 6) is 0. The molecule has 1 spiro atoms. The molecule has 2 nitrogen and oxygen atoms in total. The number of rotatable bonds is 5. The number of fused-ring (bicyclic) bond motifs is 21. The summed E-state index contributed by atoms with van der Waals surface area (Å²) in [5.41, 5.74) is 19.2. The van der Waals surface area contributed by atoms with Gasteiger partial charge in [0.1, 0.15) is 0 Å². The lowest BCUT2D eigenvalue weighted by atomic mass is 9.70. The average Bonchev–Trinajstić information content (AvgIpc) is 4.14. The first-order chi connectivity index (χ1) is 36.2. The average molecular weight is 925 g/mol. The molecule has 0 saturated carbocycles. The van der Waals surface area contributed by atoms with Crippen LogP contribution in [-0.2, 0) is 5.41 Å². The quantitative estimate of drug-likeness (QED) is 0.156. The molecule has 0 fully saturated rings. The number of aromatic nitrogens is 1. The molecule has 0 radical (unpaired) electrons. The Morgan fingerprint density at radius 2 is 0.781 bits per heavy atom. The smallest absolute Gasteiger partial charge is 0.0726 e. The first-order valence-corrected chi connectivity index (χ1v) is 25.4. The fourth-order valence-electron chi connectivity index (χ4n) is 13.4. The Morgan fingerprint density at radius 3 is 1.42 bits per heavy atom. The van der Waals surface area contributed by atoms with Gasteiger partial charge in [-0.05, 0) is 154 Å². The number of hydrogen-bond donors (Lipinski definition) is 0. The zero-order valence-electron chi connectivity index (χ0n) is 39.8. The summed E-state index contributed by atoms with van der Waals surface area (Å²) in [4.78, 5) is 2.56. The molecule has 16 rings (SSSR count). The summed E-state index contributed by atoms with van der Waals surface area (Å²) in [6, 6.07) is 100.0. The molecule has 0 atom stereocenters. The van der Waals surface area contributed by atoms with Crippen LogP contribution in [0.4, 0.5) is 17.1 Å². The molecule has 0 saturated heterocycles. The Kier molecular flexibility index (Phi) is 8.41. The third-order valence-corrected chi connectivity index (χ3v) is 16.3. The minimum Gasteiger partial charge on any atom is -0.310 e. The Hall–Kier alpha value is -9.50. The van der Waals surface area contributed by atoms with Crippen LogP contribution in [0.25, 0.3) is 104 Å². The van der Waals surface area contributed by atoms with Crippen molar-refractivity contribution < 1.29 is 0 Å². The molecule has 13 aromatic carbocycles. The van der Waals surface area contributed by atoms with Gasteiger partial charge in [0.15, 0.2) is 0 Å². The molecular formula is C71H44N2. The van der Waals surface area contributed by atoms with Crippen LogP contribution in [0.15, 0.2) is 267 Å². The van der Waals surface area contributed by atoms with Crippen molar-refractivity contribution in [2.24, 2.45) is 0 Å². The van der Waals surface area contributed by atoms with E-state index in [4.69, 9.17) is 0 Å². The summed E-state index contributed by atoms with van der Waals surface area (Å²) >= 11 is 0. The van der Waals surface area contributed by atoms with E-state index < -0.39 is 5.41 Å². The highest BCUT2D eigenvalue weighted by Crippen LogP contribution is 2.64. The van der Waals surface area contributed by atoms with Crippen LogP contribution < -0.4 is 4.90 Å². The lowest BCUT2D eigenvalue weighted by Crippen LogP contribution is -2.26. The fraction of sp³-hybridized carbons (Fsp3) is 0.0141. The van der Waals surface area contributed by atoms with Gasteiger partial charge in [0, 0.05) is 33.4 Å². The van der Waals surface area contributed by atoms with Gasteiger partial charge in [-0.3, -0.25) is 0 Å². The van der Waals surface area contributed by atoms with E-state index in [9.17, 15) is 0 Å². The van der Waals surface area contributed by atoms with Crippen molar-refractivity contribution in [3.05, 3.63) is 289 Å². The van der Waals surface area contributed by atoms with Gasteiger partial charge in [0.25, 0.3) is 0 Å². The number of para-hydroxylation sites is 2. The number of hydrogen-bond acceptors (Lipinski definition) is 1. The topological polar surface area (TPSA) is 8.17 Å². The van der Waals surface area contributed by atoms with Crippen molar-refractivity contribution in [2.75, 3.05) is 4.90 Å². The minimum atomic E-state index is -0.519. The maximum atomic E-state index is 2.57. The molecule has 0 bridgehead atoms. The second kappa shape index (κ2) is 15.3. The largest absolute Gasteiger partial charge is 0.310 e.